The number of rotatable bonds is 6. The molecule has 0 bridgehead atoms. The fourth-order valence-electron chi connectivity index (χ4n) is 2.55. The molecule has 2 rings (SSSR count). The summed E-state index contributed by atoms with van der Waals surface area (Å²) in [5, 5.41) is 2.83. The third-order valence-electron chi connectivity index (χ3n) is 3.64. The summed E-state index contributed by atoms with van der Waals surface area (Å²) in [7, 11) is 1.37. The van der Waals surface area contributed by atoms with Gasteiger partial charge in [-0.3, -0.25) is 9.59 Å². The maximum atomic E-state index is 11.8. The molecule has 1 N–H and O–H groups in total. The number of esters is 1. The lowest BCUT2D eigenvalue weighted by atomic mass is 10.0. The summed E-state index contributed by atoms with van der Waals surface area (Å²) in [5.41, 5.74) is 3.88. The van der Waals surface area contributed by atoms with Crippen molar-refractivity contribution in [3.63, 3.8) is 0 Å². The number of ether oxygens (including phenoxy) is 1. The van der Waals surface area contributed by atoms with Crippen LogP contribution in [-0.2, 0) is 33.6 Å². The van der Waals surface area contributed by atoms with Crippen LogP contribution >= 0.6 is 0 Å². The smallest absolute Gasteiger partial charge is 0.305 e. The lowest BCUT2D eigenvalue weighted by molar-refractivity contribution is -0.140. The van der Waals surface area contributed by atoms with Crippen LogP contribution in [0.4, 0.5) is 0 Å². The summed E-state index contributed by atoms with van der Waals surface area (Å²) in [4.78, 5) is 22.7. The average molecular weight is 275 g/mol. The Morgan fingerprint density at radius 3 is 2.85 bits per heavy atom. The molecule has 1 aromatic carbocycles. The summed E-state index contributed by atoms with van der Waals surface area (Å²) in [6.07, 6.45) is 4.88. The summed E-state index contributed by atoms with van der Waals surface area (Å²) in [5.74, 6) is -0.231. The third-order valence-corrected chi connectivity index (χ3v) is 3.64. The number of nitrogens with one attached hydrogen (secondary N) is 1. The van der Waals surface area contributed by atoms with Crippen molar-refractivity contribution in [2.24, 2.45) is 0 Å². The zero-order valence-electron chi connectivity index (χ0n) is 11.9. The molecule has 1 aromatic rings. The monoisotopic (exact) mass is 275 g/mol. The number of hydrogen-bond donors (Lipinski definition) is 1. The van der Waals surface area contributed by atoms with Gasteiger partial charge in [0.2, 0.25) is 5.91 Å². The van der Waals surface area contributed by atoms with Crippen LogP contribution in [-0.4, -0.2) is 25.5 Å². The lowest BCUT2D eigenvalue weighted by Gasteiger charge is -2.06. The van der Waals surface area contributed by atoms with Gasteiger partial charge in [0.15, 0.2) is 0 Å². The topological polar surface area (TPSA) is 55.4 Å². The summed E-state index contributed by atoms with van der Waals surface area (Å²) in [6.45, 7) is 0.513. The highest BCUT2D eigenvalue weighted by atomic mass is 16.5. The summed E-state index contributed by atoms with van der Waals surface area (Å²) < 4.78 is 4.54. The second-order valence-electron chi connectivity index (χ2n) is 5.16. The molecule has 0 atom stereocenters. The van der Waals surface area contributed by atoms with E-state index in [2.05, 4.69) is 22.2 Å². The predicted molar refractivity (Wildman–Crippen MR) is 76.4 cm³/mol. The van der Waals surface area contributed by atoms with Crippen molar-refractivity contribution < 1.29 is 14.3 Å². The van der Waals surface area contributed by atoms with Gasteiger partial charge in [-0.25, -0.2) is 0 Å². The van der Waals surface area contributed by atoms with Crippen molar-refractivity contribution in [3.05, 3.63) is 34.9 Å². The molecule has 0 spiro atoms. The minimum absolute atomic E-state index is 0.00723. The number of methoxy groups -OCH3 is 1. The summed E-state index contributed by atoms with van der Waals surface area (Å²) in [6, 6.07) is 6.33. The molecule has 0 radical (unpaired) electrons. The van der Waals surface area contributed by atoms with E-state index in [9.17, 15) is 9.59 Å². The van der Waals surface area contributed by atoms with Crippen molar-refractivity contribution >= 4 is 11.9 Å². The van der Waals surface area contributed by atoms with Crippen LogP contribution in [0.2, 0.25) is 0 Å². The molecule has 1 aliphatic carbocycles. The molecule has 20 heavy (non-hydrogen) atoms. The van der Waals surface area contributed by atoms with Gasteiger partial charge in [-0.05, 0) is 42.4 Å². The van der Waals surface area contributed by atoms with Gasteiger partial charge in [-0.1, -0.05) is 18.2 Å². The van der Waals surface area contributed by atoms with Crippen molar-refractivity contribution in [2.45, 2.75) is 38.5 Å². The van der Waals surface area contributed by atoms with Crippen LogP contribution in [0.15, 0.2) is 18.2 Å². The number of benzene rings is 1. The fourth-order valence-corrected chi connectivity index (χ4v) is 2.55. The van der Waals surface area contributed by atoms with Crippen LogP contribution in [0.3, 0.4) is 0 Å². The Balaban J connectivity index is 1.73. The van der Waals surface area contributed by atoms with Gasteiger partial charge < -0.3 is 10.1 Å². The van der Waals surface area contributed by atoms with Gasteiger partial charge in [-0.2, -0.15) is 0 Å². The first-order chi connectivity index (χ1) is 9.69. The molecule has 1 aliphatic rings. The molecule has 0 saturated carbocycles. The van der Waals surface area contributed by atoms with E-state index in [0.29, 0.717) is 25.8 Å². The van der Waals surface area contributed by atoms with Crippen LogP contribution in [0.5, 0.6) is 0 Å². The van der Waals surface area contributed by atoms with E-state index in [1.54, 1.807) is 0 Å². The molecule has 0 unspecified atom stereocenters. The Labute approximate surface area is 119 Å². The number of amides is 1. The van der Waals surface area contributed by atoms with E-state index < -0.39 is 0 Å². The maximum absolute atomic E-state index is 11.8. The molecule has 0 saturated heterocycles. The van der Waals surface area contributed by atoms with Crippen molar-refractivity contribution in [1.29, 1.82) is 0 Å². The van der Waals surface area contributed by atoms with E-state index >= 15 is 0 Å². The zero-order chi connectivity index (χ0) is 14.4. The first-order valence-corrected chi connectivity index (χ1v) is 7.13. The lowest BCUT2D eigenvalue weighted by Crippen LogP contribution is -2.26. The van der Waals surface area contributed by atoms with E-state index in [-0.39, 0.29) is 11.9 Å². The van der Waals surface area contributed by atoms with Crippen molar-refractivity contribution in [2.75, 3.05) is 13.7 Å². The molecular formula is C16H21NO3. The second kappa shape index (κ2) is 7.08. The van der Waals surface area contributed by atoms with Gasteiger partial charge in [0, 0.05) is 13.0 Å². The van der Waals surface area contributed by atoms with E-state index in [1.165, 1.54) is 24.7 Å². The minimum Gasteiger partial charge on any atom is -0.469 e. The minimum atomic E-state index is -0.238. The molecule has 0 aromatic heterocycles. The van der Waals surface area contributed by atoms with Gasteiger partial charge in [0.25, 0.3) is 0 Å². The molecule has 0 aliphatic heterocycles. The van der Waals surface area contributed by atoms with E-state index in [1.807, 2.05) is 6.07 Å². The first kappa shape index (κ1) is 14.6. The normalized spacial score (nSPS) is 12.8. The standard InChI is InChI=1S/C16H21NO3/c1-20-16(19)6-3-9-17-15(18)11-12-7-8-13-4-2-5-14(13)10-12/h7-8,10H,2-6,9,11H2,1H3,(H,17,18). The Morgan fingerprint density at radius 2 is 2.05 bits per heavy atom. The highest BCUT2D eigenvalue weighted by Gasteiger charge is 2.12. The Hall–Kier alpha value is -1.84. The Kier molecular flexibility index (Phi) is 5.16. The largest absolute Gasteiger partial charge is 0.469 e. The van der Waals surface area contributed by atoms with E-state index in [0.717, 1.165) is 18.4 Å². The highest BCUT2D eigenvalue weighted by Crippen LogP contribution is 2.22. The fraction of sp³-hybridized carbons (Fsp3) is 0.500. The summed E-state index contributed by atoms with van der Waals surface area (Å²) >= 11 is 0. The quantitative estimate of drug-likeness (QED) is 0.636. The van der Waals surface area contributed by atoms with Gasteiger partial charge in [-0.15, -0.1) is 0 Å². The van der Waals surface area contributed by atoms with Crippen LogP contribution in [0.25, 0.3) is 0 Å². The molecule has 0 fully saturated rings. The molecular weight excluding hydrogens is 254 g/mol. The Morgan fingerprint density at radius 1 is 1.25 bits per heavy atom. The first-order valence-electron chi connectivity index (χ1n) is 7.13. The number of carbonyl (C=O) groups is 2. The van der Waals surface area contributed by atoms with Gasteiger partial charge in [0.05, 0.1) is 13.5 Å². The van der Waals surface area contributed by atoms with Crippen LogP contribution < -0.4 is 5.32 Å². The third kappa shape index (κ3) is 4.08. The molecule has 4 heteroatoms. The SMILES string of the molecule is COC(=O)CCCNC(=O)Cc1ccc2c(c1)CCC2. The predicted octanol–water partition coefficient (Wildman–Crippen LogP) is 1.79. The van der Waals surface area contributed by atoms with Crippen molar-refractivity contribution in [3.8, 4) is 0 Å². The Bertz CT molecular complexity index is 496. The molecule has 108 valence electrons. The zero-order valence-corrected chi connectivity index (χ0v) is 11.9. The van der Waals surface area contributed by atoms with Gasteiger partial charge >= 0.3 is 5.97 Å². The van der Waals surface area contributed by atoms with Crippen LogP contribution in [0, 0.1) is 0 Å². The number of aryl methyl sites for hydroxylation is 2. The van der Waals surface area contributed by atoms with Gasteiger partial charge in [0.1, 0.15) is 0 Å². The number of fused-ring (bicyclic) bond motifs is 1. The maximum Gasteiger partial charge on any atom is 0.305 e. The van der Waals surface area contributed by atoms with E-state index in [4.69, 9.17) is 0 Å². The average Bonchev–Trinajstić information content (AvgIpc) is 2.90. The van der Waals surface area contributed by atoms with Crippen molar-refractivity contribution in [1.82, 2.24) is 5.32 Å². The molecule has 0 heterocycles. The molecule has 1 amide bonds. The molecule has 4 nitrogen and oxygen atoms in total. The number of carbonyl (C=O) groups excluding carboxylic acids is 2. The van der Waals surface area contributed by atoms with Crippen LogP contribution in [0.1, 0.15) is 36.0 Å². The second-order valence-corrected chi connectivity index (χ2v) is 5.16. The number of hydrogen-bond acceptors (Lipinski definition) is 3. The highest BCUT2D eigenvalue weighted by molar-refractivity contribution is 5.78.